The maximum atomic E-state index is 12.4. The summed E-state index contributed by atoms with van der Waals surface area (Å²) < 4.78 is 0. The average molecular weight is 417 g/mol. The van der Waals surface area contributed by atoms with Gasteiger partial charge in [0.2, 0.25) is 0 Å². The average Bonchev–Trinajstić information content (AvgIpc) is 3.23. The number of thiazole rings is 1. The van der Waals surface area contributed by atoms with Crippen molar-refractivity contribution in [1.82, 2.24) is 9.97 Å². The van der Waals surface area contributed by atoms with Crippen molar-refractivity contribution in [2.45, 2.75) is 0 Å². The van der Waals surface area contributed by atoms with Crippen LogP contribution in [0.25, 0.3) is 11.3 Å². The Bertz CT molecular complexity index is 1190. The van der Waals surface area contributed by atoms with Crippen molar-refractivity contribution in [3.05, 3.63) is 94.1 Å². The number of nitrogens with zero attached hydrogens (tertiary/aromatic N) is 3. The van der Waals surface area contributed by atoms with Crippen molar-refractivity contribution in [1.29, 1.82) is 0 Å². The minimum absolute atomic E-state index is 0.0627. The molecule has 0 spiro atoms. The van der Waals surface area contributed by atoms with Crippen LogP contribution in [0, 0.1) is 10.1 Å². The van der Waals surface area contributed by atoms with Gasteiger partial charge in [0.05, 0.1) is 10.6 Å². The Morgan fingerprint density at radius 3 is 2.47 bits per heavy atom. The third-order valence-corrected chi connectivity index (χ3v) is 4.95. The van der Waals surface area contributed by atoms with Gasteiger partial charge in [-0.05, 0) is 42.5 Å². The normalized spacial score (nSPS) is 10.4. The number of benzene rings is 2. The highest BCUT2D eigenvalue weighted by Crippen LogP contribution is 2.27. The minimum atomic E-state index is -0.504. The van der Waals surface area contributed by atoms with E-state index in [-0.39, 0.29) is 11.6 Å². The number of aromatic nitrogens is 2. The van der Waals surface area contributed by atoms with Gasteiger partial charge in [-0.3, -0.25) is 19.9 Å². The van der Waals surface area contributed by atoms with E-state index >= 15 is 0 Å². The Hall–Kier alpha value is -4.11. The molecule has 4 rings (SSSR count). The van der Waals surface area contributed by atoms with E-state index in [9.17, 15) is 14.9 Å². The molecule has 0 unspecified atom stereocenters. The van der Waals surface area contributed by atoms with Crippen molar-refractivity contribution in [3.63, 3.8) is 0 Å². The van der Waals surface area contributed by atoms with Gasteiger partial charge in [-0.2, -0.15) is 0 Å². The number of rotatable bonds is 6. The number of hydrogen-bond donors (Lipinski definition) is 2. The maximum absolute atomic E-state index is 12.4. The third kappa shape index (κ3) is 4.47. The van der Waals surface area contributed by atoms with Crippen LogP contribution in [0.2, 0.25) is 0 Å². The smallest absolute Gasteiger partial charge is 0.269 e. The molecule has 0 saturated heterocycles. The Morgan fingerprint density at radius 2 is 1.73 bits per heavy atom. The Kier molecular flexibility index (Phi) is 5.44. The van der Waals surface area contributed by atoms with Crippen LogP contribution in [0.4, 0.5) is 22.2 Å². The molecule has 9 heteroatoms. The largest absolute Gasteiger partial charge is 0.331 e. The van der Waals surface area contributed by atoms with E-state index in [1.807, 2.05) is 29.6 Å². The minimum Gasteiger partial charge on any atom is -0.331 e. The second-order valence-corrected chi connectivity index (χ2v) is 7.10. The number of nitro groups is 1. The summed E-state index contributed by atoms with van der Waals surface area (Å²) in [5.41, 5.74) is 3.47. The summed E-state index contributed by atoms with van der Waals surface area (Å²) in [7, 11) is 0. The molecule has 0 aliphatic heterocycles. The second kappa shape index (κ2) is 8.50. The maximum Gasteiger partial charge on any atom is 0.269 e. The fraction of sp³-hybridized carbons (Fsp3) is 0. The van der Waals surface area contributed by atoms with Gasteiger partial charge in [-0.1, -0.05) is 6.07 Å². The van der Waals surface area contributed by atoms with E-state index in [0.29, 0.717) is 11.3 Å². The van der Waals surface area contributed by atoms with E-state index in [1.165, 1.54) is 35.6 Å². The lowest BCUT2D eigenvalue weighted by atomic mass is 10.2. The molecule has 0 aliphatic rings. The molecule has 30 heavy (non-hydrogen) atoms. The molecule has 0 bridgehead atoms. The number of amides is 1. The van der Waals surface area contributed by atoms with Crippen LogP contribution in [0.15, 0.2) is 78.4 Å². The molecule has 0 fully saturated rings. The lowest BCUT2D eigenvalue weighted by Crippen LogP contribution is -2.11. The van der Waals surface area contributed by atoms with Crippen LogP contribution in [-0.4, -0.2) is 20.8 Å². The molecule has 1 amide bonds. The fourth-order valence-electron chi connectivity index (χ4n) is 2.72. The zero-order chi connectivity index (χ0) is 20.9. The number of pyridine rings is 1. The summed E-state index contributed by atoms with van der Waals surface area (Å²) in [5, 5.41) is 19.4. The molecule has 0 aliphatic carbocycles. The van der Waals surface area contributed by atoms with Gasteiger partial charge in [-0.15, -0.1) is 11.3 Å². The summed E-state index contributed by atoms with van der Waals surface area (Å²) >= 11 is 1.47. The van der Waals surface area contributed by atoms with E-state index in [4.69, 9.17) is 0 Å². The monoisotopic (exact) mass is 417 g/mol. The van der Waals surface area contributed by atoms with Crippen molar-refractivity contribution in [3.8, 4) is 11.3 Å². The van der Waals surface area contributed by atoms with Crippen LogP contribution < -0.4 is 10.6 Å². The number of nitrogens with one attached hydrogen (secondary N) is 2. The number of nitro benzene ring substituents is 1. The molecule has 2 aromatic carbocycles. The van der Waals surface area contributed by atoms with Crippen LogP contribution >= 0.6 is 11.3 Å². The van der Waals surface area contributed by atoms with E-state index in [2.05, 4.69) is 20.6 Å². The highest BCUT2D eigenvalue weighted by atomic mass is 32.1. The van der Waals surface area contributed by atoms with E-state index in [0.717, 1.165) is 22.1 Å². The van der Waals surface area contributed by atoms with Crippen LogP contribution in [-0.2, 0) is 0 Å². The van der Waals surface area contributed by atoms with Gasteiger partial charge in [0.25, 0.3) is 11.6 Å². The molecule has 2 N–H and O–H groups in total. The zero-order valence-electron chi connectivity index (χ0n) is 15.5. The number of carbonyl (C=O) groups excluding carboxylic acids is 1. The van der Waals surface area contributed by atoms with Crippen molar-refractivity contribution in [2.75, 3.05) is 10.6 Å². The first-order valence-corrected chi connectivity index (χ1v) is 9.75. The van der Waals surface area contributed by atoms with Crippen molar-refractivity contribution in [2.24, 2.45) is 0 Å². The van der Waals surface area contributed by atoms with E-state index in [1.54, 1.807) is 24.5 Å². The predicted molar refractivity (Wildman–Crippen MR) is 116 cm³/mol. The Labute approximate surface area is 175 Å². The molecule has 2 heterocycles. The molecular weight excluding hydrogens is 402 g/mol. The SMILES string of the molecule is O=C(Nc1cccc(Nc2nc(-c3ccncc3)cs2)c1)c1ccc([N+](=O)[O-])cc1. The first-order valence-electron chi connectivity index (χ1n) is 8.87. The van der Waals surface area contributed by atoms with Gasteiger partial charge >= 0.3 is 0 Å². The van der Waals surface area contributed by atoms with Gasteiger partial charge < -0.3 is 10.6 Å². The Morgan fingerprint density at radius 1 is 1.00 bits per heavy atom. The molecule has 2 aromatic heterocycles. The van der Waals surface area contributed by atoms with Crippen molar-refractivity contribution < 1.29 is 9.72 Å². The highest BCUT2D eigenvalue weighted by molar-refractivity contribution is 7.14. The van der Waals surface area contributed by atoms with Gasteiger partial charge in [0.1, 0.15) is 0 Å². The lowest BCUT2D eigenvalue weighted by Gasteiger charge is -2.08. The second-order valence-electron chi connectivity index (χ2n) is 6.24. The molecule has 0 saturated carbocycles. The van der Waals surface area contributed by atoms with Gasteiger partial charge in [0.15, 0.2) is 5.13 Å². The van der Waals surface area contributed by atoms with Crippen molar-refractivity contribution >= 4 is 39.4 Å². The third-order valence-electron chi connectivity index (χ3n) is 4.19. The first kappa shape index (κ1) is 19.2. The molecule has 8 nitrogen and oxygen atoms in total. The van der Waals surface area contributed by atoms with E-state index < -0.39 is 4.92 Å². The number of hydrogen-bond acceptors (Lipinski definition) is 7. The van der Waals surface area contributed by atoms with Gasteiger partial charge in [0, 0.05) is 52.4 Å². The topological polar surface area (TPSA) is 110 Å². The first-order chi connectivity index (χ1) is 14.6. The molecular formula is C21H15N5O3S. The fourth-order valence-corrected chi connectivity index (χ4v) is 3.46. The predicted octanol–water partition coefficient (Wildman–Crippen LogP) is 5.11. The molecule has 4 aromatic rings. The summed E-state index contributed by atoms with van der Waals surface area (Å²) in [4.78, 5) is 31.2. The summed E-state index contributed by atoms with van der Waals surface area (Å²) in [5.74, 6) is -0.351. The number of anilines is 3. The molecule has 148 valence electrons. The summed E-state index contributed by atoms with van der Waals surface area (Å²) in [6, 6.07) is 16.5. The molecule has 0 atom stereocenters. The standard InChI is InChI=1S/C21H15N5O3S/c27-20(15-4-6-18(7-5-15)26(28)29)23-16-2-1-3-17(12-16)24-21-25-19(13-30-21)14-8-10-22-11-9-14/h1-13H,(H,23,27)(H,24,25). The van der Waals surface area contributed by atoms with Crippen LogP contribution in [0.1, 0.15) is 10.4 Å². The van der Waals surface area contributed by atoms with Gasteiger partial charge in [-0.25, -0.2) is 4.98 Å². The number of non-ortho nitro benzene ring substituents is 1. The summed E-state index contributed by atoms with van der Waals surface area (Å²) in [6.45, 7) is 0. The van der Waals surface area contributed by atoms with Crippen LogP contribution in [0.3, 0.4) is 0 Å². The lowest BCUT2D eigenvalue weighted by molar-refractivity contribution is -0.384. The zero-order valence-corrected chi connectivity index (χ0v) is 16.3. The molecule has 0 radical (unpaired) electrons. The number of carbonyl (C=O) groups is 1. The summed E-state index contributed by atoms with van der Waals surface area (Å²) in [6.07, 6.45) is 3.44. The quantitative estimate of drug-likeness (QED) is 0.333. The Balaban J connectivity index is 1.44. The van der Waals surface area contributed by atoms with Crippen LogP contribution in [0.5, 0.6) is 0 Å². The highest BCUT2D eigenvalue weighted by Gasteiger charge is 2.10.